The monoisotopic (exact) mass is 998 g/mol. The topological polar surface area (TPSA) is 9.86 Å². The van der Waals surface area contributed by atoms with E-state index < -0.39 is 16.1 Å². The van der Waals surface area contributed by atoms with Crippen LogP contribution < -0.4 is 41.5 Å². The number of rotatable bonds is 9. The first-order valence-corrected chi connectivity index (χ1v) is 30.4. The number of para-hydroxylation sites is 2. The fraction of sp³-hybridized carbons (Fsp3) is 0. The highest BCUT2D eigenvalue weighted by molar-refractivity contribution is 7.22. The van der Waals surface area contributed by atoms with Crippen LogP contribution in [0.3, 0.4) is 0 Å². The Balaban J connectivity index is 0.886. The van der Waals surface area contributed by atoms with E-state index in [2.05, 4.69) is 312 Å². The molecule has 2 aromatic heterocycles. The number of benzene rings is 12. The van der Waals surface area contributed by atoms with Gasteiger partial charge in [0.2, 0.25) is 0 Å². The highest BCUT2D eigenvalue weighted by Gasteiger charge is 2.48. The zero-order chi connectivity index (χ0) is 50.2. The van der Waals surface area contributed by atoms with Crippen molar-refractivity contribution in [3.8, 4) is 33.6 Å². The molecule has 0 bridgehead atoms. The molecule has 0 N–H and O–H groups in total. The molecule has 0 atom stereocenters. The van der Waals surface area contributed by atoms with Gasteiger partial charge in [-0.3, -0.25) is 0 Å². The lowest BCUT2D eigenvalue weighted by molar-refractivity contribution is 1.17. The van der Waals surface area contributed by atoms with Gasteiger partial charge in [0.25, 0.3) is 0 Å². The summed E-state index contributed by atoms with van der Waals surface area (Å²) in [5.74, 6) is 0. The van der Waals surface area contributed by atoms with Gasteiger partial charge in [-0.25, -0.2) is 0 Å². The van der Waals surface area contributed by atoms with Crippen molar-refractivity contribution in [2.75, 3.05) is 0 Å². The molecule has 0 aliphatic carbocycles. The van der Waals surface area contributed by atoms with Crippen molar-refractivity contribution in [3.05, 3.63) is 303 Å². The average molecular weight is 999 g/mol. The molecule has 0 spiro atoms. The Morgan fingerprint density at radius 3 is 1.26 bits per heavy atom. The van der Waals surface area contributed by atoms with Crippen LogP contribution in [0.25, 0.3) is 77.2 Å². The summed E-state index contributed by atoms with van der Waals surface area (Å²) >= 11 is 0. The summed E-state index contributed by atoms with van der Waals surface area (Å²) in [7, 11) is -5.42. The third-order valence-corrected chi connectivity index (χ3v) is 26.2. The summed E-state index contributed by atoms with van der Waals surface area (Å²) in [6, 6.07) is 114. The lowest BCUT2D eigenvalue weighted by Gasteiger charge is -2.34. The molecule has 14 aromatic rings. The second-order valence-corrected chi connectivity index (χ2v) is 27.9. The van der Waals surface area contributed by atoms with Crippen LogP contribution >= 0.6 is 0 Å². The Bertz CT molecular complexity index is 4370. The zero-order valence-electron chi connectivity index (χ0n) is 41.8. The Morgan fingerprint density at radius 1 is 0.250 bits per heavy atom. The predicted octanol–water partition coefficient (Wildman–Crippen LogP) is 12.3. The molecule has 4 heteroatoms. The second-order valence-electron chi connectivity index (χ2n) is 20.3. The first-order valence-electron chi connectivity index (χ1n) is 26.4. The first kappa shape index (κ1) is 44.2. The highest BCUT2D eigenvalue weighted by atomic mass is 28.3. The van der Waals surface area contributed by atoms with Gasteiger partial charge < -0.3 is 9.13 Å². The molecule has 356 valence electrons. The van der Waals surface area contributed by atoms with Crippen molar-refractivity contribution in [1.29, 1.82) is 0 Å². The minimum atomic E-state index is -2.77. The Morgan fingerprint density at radius 2 is 0.671 bits per heavy atom. The molecule has 15 rings (SSSR count). The molecule has 2 nitrogen and oxygen atoms in total. The number of nitrogens with zero attached hydrogens (tertiary/aromatic N) is 2. The van der Waals surface area contributed by atoms with Gasteiger partial charge in [-0.1, -0.05) is 249 Å². The predicted molar refractivity (Wildman–Crippen MR) is 327 cm³/mol. The summed E-state index contributed by atoms with van der Waals surface area (Å²) in [6.07, 6.45) is 0. The van der Waals surface area contributed by atoms with E-state index in [1.165, 1.54) is 107 Å². The van der Waals surface area contributed by atoms with Crippen LogP contribution in [0.1, 0.15) is 0 Å². The van der Waals surface area contributed by atoms with Crippen LogP contribution in [0.5, 0.6) is 0 Å². The summed E-state index contributed by atoms with van der Waals surface area (Å²) in [5, 5.41) is 16.1. The SMILES string of the molecule is c1ccc([Si](c2ccccc2)(c2ccccc2)c2cccc(-n3c4ccccc4c4cc(-n5c6ccccc6c6cc(-c7ccc8c(c7)[Si](c7ccccc7)(c7ccccc7)c7ccccc7-8)ccc65)ccc43)c2)cc1. The van der Waals surface area contributed by atoms with Gasteiger partial charge in [-0.2, -0.15) is 0 Å². The molecule has 0 amide bonds. The molecule has 0 saturated carbocycles. The van der Waals surface area contributed by atoms with Crippen molar-refractivity contribution in [1.82, 2.24) is 9.13 Å². The fourth-order valence-corrected chi connectivity index (χ4v) is 23.4. The first-order chi connectivity index (χ1) is 37.7. The van der Waals surface area contributed by atoms with Crippen molar-refractivity contribution in [2.45, 2.75) is 0 Å². The molecular formula is C72H50N2Si2. The van der Waals surface area contributed by atoms with Crippen molar-refractivity contribution in [3.63, 3.8) is 0 Å². The number of hydrogen-bond acceptors (Lipinski definition) is 0. The third kappa shape index (κ3) is 6.51. The Kier molecular flexibility index (Phi) is 10.3. The zero-order valence-corrected chi connectivity index (χ0v) is 43.8. The standard InChI is InChI=1S/C72H50N2Si2/c1-6-24-55(25-7-1)75(56-26-8-2-9-27-56,57-28-10-3-11-29-57)60-34-22-23-53(49-60)73-68-39-20-17-36-62(68)66-50-54(43-46-70(66)73)74-67-38-19-16-35-61(67)65-47-51(42-45-69(65)74)52-41-44-64-63-37-18-21-40-71(63)76(72(64)48-52,58-30-12-4-13-31-58)59-32-14-5-15-33-59/h1-50H. The van der Waals surface area contributed by atoms with Gasteiger partial charge in [-0.15, -0.1) is 0 Å². The van der Waals surface area contributed by atoms with Gasteiger partial charge in [0, 0.05) is 32.9 Å². The maximum absolute atomic E-state index is 2.77. The smallest absolute Gasteiger partial charge is 0.180 e. The van der Waals surface area contributed by atoms with Crippen LogP contribution in [0.2, 0.25) is 0 Å². The molecule has 0 unspecified atom stereocenters. The lowest BCUT2D eigenvalue weighted by Crippen LogP contribution is -2.74. The number of aromatic nitrogens is 2. The van der Waals surface area contributed by atoms with E-state index in [9.17, 15) is 0 Å². The second kappa shape index (κ2) is 17.7. The summed E-state index contributed by atoms with van der Waals surface area (Å²) in [6.45, 7) is 0. The molecule has 1 aliphatic rings. The third-order valence-electron chi connectivity index (χ3n) is 16.5. The molecule has 3 heterocycles. The molecule has 12 aromatic carbocycles. The minimum absolute atomic E-state index is 1.14. The molecular weight excluding hydrogens is 949 g/mol. The van der Waals surface area contributed by atoms with Crippen molar-refractivity contribution in [2.24, 2.45) is 0 Å². The van der Waals surface area contributed by atoms with Gasteiger partial charge in [-0.05, 0) is 118 Å². The van der Waals surface area contributed by atoms with Gasteiger partial charge in [0.15, 0.2) is 16.1 Å². The van der Waals surface area contributed by atoms with E-state index in [1.54, 1.807) is 0 Å². The highest BCUT2D eigenvalue weighted by Crippen LogP contribution is 2.39. The molecule has 0 saturated heterocycles. The van der Waals surface area contributed by atoms with Crippen LogP contribution in [-0.4, -0.2) is 25.3 Å². The number of fused-ring (bicyclic) bond motifs is 9. The fourth-order valence-electron chi connectivity index (χ4n) is 13.4. The summed E-state index contributed by atoms with van der Waals surface area (Å²) in [5.41, 5.74) is 12.2. The normalized spacial score (nSPS) is 12.8. The van der Waals surface area contributed by atoms with Gasteiger partial charge in [0.1, 0.15) is 0 Å². The van der Waals surface area contributed by atoms with Crippen LogP contribution in [0, 0.1) is 0 Å². The van der Waals surface area contributed by atoms with Crippen LogP contribution in [0.4, 0.5) is 0 Å². The van der Waals surface area contributed by atoms with E-state index in [0.29, 0.717) is 0 Å². The Labute approximate surface area is 444 Å². The van der Waals surface area contributed by atoms with E-state index in [1.807, 2.05) is 0 Å². The molecule has 0 radical (unpaired) electrons. The summed E-state index contributed by atoms with van der Waals surface area (Å²) < 4.78 is 4.96. The van der Waals surface area contributed by atoms with Gasteiger partial charge >= 0.3 is 0 Å². The molecule has 1 aliphatic heterocycles. The largest absolute Gasteiger partial charge is 0.309 e. The number of hydrogen-bond donors (Lipinski definition) is 0. The molecule has 76 heavy (non-hydrogen) atoms. The van der Waals surface area contributed by atoms with E-state index in [4.69, 9.17) is 0 Å². The van der Waals surface area contributed by atoms with Crippen molar-refractivity contribution < 1.29 is 0 Å². The average Bonchev–Trinajstić information content (AvgIpc) is 4.26. The minimum Gasteiger partial charge on any atom is -0.309 e. The van der Waals surface area contributed by atoms with Crippen LogP contribution in [-0.2, 0) is 0 Å². The molecule has 0 fully saturated rings. The maximum Gasteiger partial charge on any atom is 0.180 e. The van der Waals surface area contributed by atoms with E-state index >= 15 is 0 Å². The van der Waals surface area contributed by atoms with Crippen LogP contribution in [0.15, 0.2) is 303 Å². The maximum atomic E-state index is 2.54. The summed E-state index contributed by atoms with van der Waals surface area (Å²) in [4.78, 5) is 0. The van der Waals surface area contributed by atoms with Gasteiger partial charge in [0.05, 0.1) is 22.1 Å². The quantitative estimate of drug-likeness (QED) is 0.101. The van der Waals surface area contributed by atoms with Crippen molar-refractivity contribution >= 4 is 101 Å². The van der Waals surface area contributed by atoms with E-state index in [-0.39, 0.29) is 0 Å². The van der Waals surface area contributed by atoms with E-state index in [0.717, 1.165) is 11.4 Å². The Hall–Kier alpha value is -9.33. The lowest BCUT2D eigenvalue weighted by atomic mass is 9.99.